The highest BCUT2D eigenvalue weighted by molar-refractivity contribution is 5.83. The molecule has 13 heavy (non-hydrogen) atoms. The summed E-state index contributed by atoms with van der Waals surface area (Å²) in [6.07, 6.45) is 1.62. The first kappa shape index (κ1) is 7.75. The molecule has 0 radical (unpaired) electrons. The Morgan fingerprint density at radius 2 is 2.08 bits per heavy atom. The van der Waals surface area contributed by atoms with E-state index in [1.807, 2.05) is 31.2 Å². The third-order valence-electron chi connectivity index (χ3n) is 2.17. The number of rotatable bonds is 0. The number of pyridine rings is 1. The molecule has 0 saturated heterocycles. The van der Waals surface area contributed by atoms with Gasteiger partial charge in [0.25, 0.3) is 0 Å². The largest absolute Gasteiger partial charge is 0.255 e. The van der Waals surface area contributed by atoms with Gasteiger partial charge in [-0.2, -0.15) is 5.26 Å². The van der Waals surface area contributed by atoms with E-state index in [2.05, 4.69) is 11.1 Å². The molecule has 2 heteroatoms. The van der Waals surface area contributed by atoms with Crippen molar-refractivity contribution in [1.29, 1.82) is 5.26 Å². The third-order valence-corrected chi connectivity index (χ3v) is 2.17. The van der Waals surface area contributed by atoms with Crippen LogP contribution in [-0.2, 0) is 0 Å². The lowest BCUT2D eigenvalue weighted by molar-refractivity contribution is 1.32. The molecule has 0 aliphatic carbocycles. The Morgan fingerprint density at radius 3 is 2.85 bits per heavy atom. The van der Waals surface area contributed by atoms with Crippen LogP contribution in [0.15, 0.2) is 30.5 Å². The molecule has 0 atom stereocenters. The van der Waals surface area contributed by atoms with Gasteiger partial charge in [0, 0.05) is 11.6 Å². The van der Waals surface area contributed by atoms with Crippen LogP contribution in [0.3, 0.4) is 0 Å². The molecule has 0 spiro atoms. The van der Waals surface area contributed by atoms with Crippen molar-refractivity contribution in [2.24, 2.45) is 0 Å². The van der Waals surface area contributed by atoms with Gasteiger partial charge >= 0.3 is 0 Å². The summed E-state index contributed by atoms with van der Waals surface area (Å²) in [7, 11) is 0. The molecule has 2 rings (SSSR count). The summed E-state index contributed by atoms with van der Waals surface area (Å²) in [5.74, 6) is 0. The van der Waals surface area contributed by atoms with E-state index in [-0.39, 0.29) is 0 Å². The number of nitriles is 1. The Labute approximate surface area is 76.5 Å². The van der Waals surface area contributed by atoms with Crippen molar-refractivity contribution in [3.05, 3.63) is 41.6 Å². The van der Waals surface area contributed by atoms with Gasteiger partial charge in [-0.05, 0) is 18.6 Å². The number of nitrogens with zero attached hydrogens (tertiary/aromatic N) is 2. The van der Waals surface area contributed by atoms with Crippen molar-refractivity contribution in [1.82, 2.24) is 4.98 Å². The maximum Gasteiger partial charge on any atom is 0.101 e. The van der Waals surface area contributed by atoms with Gasteiger partial charge in [0.05, 0.1) is 11.1 Å². The van der Waals surface area contributed by atoms with E-state index in [4.69, 9.17) is 5.26 Å². The molecule has 0 amide bonds. The van der Waals surface area contributed by atoms with Crippen molar-refractivity contribution >= 4 is 10.9 Å². The molecule has 0 fully saturated rings. The van der Waals surface area contributed by atoms with Crippen molar-refractivity contribution in [2.75, 3.05) is 0 Å². The summed E-state index contributed by atoms with van der Waals surface area (Å²) in [6.45, 7) is 1.95. The van der Waals surface area contributed by atoms with Crippen LogP contribution in [0, 0.1) is 18.3 Å². The average Bonchev–Trinajstić information content (AvgIpc) is 2.19. The van der Waals surface area contributed by atoms with Gasteiger partial charge in [0.1, 0.15) is 6.07 Å². The van der Waals surface area contributed by atoms with Crippen molar-refractivity contribution < 1.29 is 0 Å². The van der Waals surface area contributed by atoms with Crippen LogP contribution in [-0.4, -0.2) is 4.98 Å². The smallest absolute Gasteiger partial charge is 0.101 e. The van der Waals surface area contributed by atoms with Crippen molar-refractivity contribution in [3.63, 3.8) is 0 Å². The van der Waals surface area contributed by atoms with E-state index in [0.29, 0.717) is 5.56 Å². The van der Waals surface area contributed by atoms with Crippen molar-refractivity contribution in [3.8, 4) is 6.07 Å². The standard InChI is InChI=1S/C11H8N2/c1-8-9(6-12)7-13-11-5-3-2-4-10(8)11/h2-5,7H,1H3. The molecule has 0 bridgehead atoms. The number of hydrogen-bond acceptors (Lipinski definition) is 2. The molecule has 0 unspecified atom stereocenters. The van der Waals surface area contributed by atoms with E-state index in [9.17, 15) is 0 Å². The first-order valence-electron chi connectivity index (χ1n) is 4.07. The van der Waals surface area contributed by atoms with Crippen LogP contribution in [0.2, 0.25) is 0 Å². The lowest BCUT2D eigenvalue weighted by Gasteiger charge is -2.01. The van der Waals surface area contributed by atoms with Crippen molar-refractivity contribution in [2.45, 2.75) is 6.92 Å². The molecule has 0 aliphatic heterocycles. The van der Waals surface area contributed by atoms with Gasteiger partial charge < -0.3 is 0 Å². The van der Waals surface area contributed by atoms with Gasteiger partial charge in [0.15, 0.2) is 0 Å². The number of para-hydroxylation sites is 1. The first-order chi connectivity index (χ1) is 6.33. The fourth-order valence-corrected chi connectivity index (χ4v) is 1.39. The minimum atomic E-state index is 0.652. The molecule has 2 aromatic rings. The highest BCUT2D eigenvalue weighted by Gasteiger charge is 2.02. The summed E-state index contributed by atoms with van der Waals surface area (Å²) in [4.78, 5) is 4.19. The maximum atomic E-state index is 8.79. The molecule has 0 N–H and O–H groups in total. The van der Waals surface area contributed by atoms with Crippen LogP contribution in [0.1, 0.15) is 11.1 Å². The quantitative estimate of drug-likeness (QED) is 0.605. The summed E-state index contributed by atoms with van der Waals surface area (Å²) in [5, 5.41) is 9.84. The fourth-order valence-electron chi connectivity index (χ4n) is 1.39. The predicted octanol–water partition coefficient (Wildman–Crippen LogP) is 2.41. The lowest BCUT2D eigenvalue weighted by Crippen LogP contribution is -1.87. The average molecular weight is 168 g/mol. The number of aryl methyl sites for hydroxylation is 1. The van der Waals surface area contributed by atoms with Crippen LogP contribution in [0.25, 0.3) is 10.9 Å². The fraction of sp³-hybridized carbons (Fsp3) is 0.0909. The second-order valence-corrected chi connectivity index (χ2v) is 2.93. The number of fused-ring (bicyclic) bond motifs is 1. The summed E-state index contributed by atoms with van der Waals surface area (Å²) in [5.41, 5.74) is 2.60. The van der Waals surface area contributed by atoms with Gasteiger partial charge in [0.2, 0.25) is 0 Å². The lowest BCUT2D eigenvalue weighted by atomic mass is 10.1. The summed E-state index contributed by atoms with van der Waals surface area (Å²) >= 11 is 0. The van der Waals surface area contributed by atoms with Gasteiger partial charge in [-0.15, -0.1) is 0 Å². The Bertz CT molecular complexity index is 495. The monoisotopic (exact) mass is 168 g/mol. The molecule has 1 aromatic heterocycles. The highest BCUT2D eigenvalue weighted by Crippen LogP contribution is 2.18. The van der Waals surface area contributed by atoms with Crippen LogP contribution in [0.5, 0.6) is 0 Å². The molecule has 1 heterocycles. The summed E-state index contributed by atoms with van der Waals surface area (Å²) in [6, 6.07) is 9.96. The van der Waals surface area contributed by atoms with E-state index < -0.39 is 0 Å². The second kappa shape index (κ2) is 2.87. The molecule has 0 aliphatic rings. The van der Waals surface area contributed by atoms with E-state index in [1.54, 1.807) is 6.20 Å². The molecule has 1 aromatic carbocycles. The maximum absolute atomic E-state index is 8.79. The molecule has 2 nitrogen and oxygen atoms in total. The zero-order chi connectivity index (χ0) is 9.26. The van der Waals surface area contributed by atoms with E-state index in [1.165, 1.54) is 0 Å². The highest BCUT2D eigenvalue weighted by atomic mass is 14.7. The molecule has 0 saturated carbocycles. The first-order valence-corrected chi connectivity index (χ1v) is 4.07. The SMILES string of the molecule is Cc1c(C#N)cnc2ccccc12. The summed E-state index contributed by atoms with van der Waals surface area (Å²) < 4.78 is 0. The molecular formula is C11H8N2. The number of aromatic nitrogens is 1. The topological polar surface area (TPSA) is 36.7 Å². The second-order valence-electron chi connectivity index (χ2n) is 2.93. The van der Waals surface area contributed by atoms with Crippen LogP contribution in [0.4, 0.5) is 0 Å². The van der Waals surface area contributed by atoms with E-state index >= 15 is 0 Å². The Balaban J connectivity index is 2.89. The zero-order valence-corrected chi connectivity index (χ0v) is 7.28. The number of hydrogen-bond donors (Lipinski definition) is 0. The van der Waals surface area contributed by atoms with Gasteiger partial charge in [-0.1, -0.05) is 18.2 Å². The molecule has 62 valence electrons. The molecular weight excluding hydrogens is 160 g/mol. The Hall–Kier alpha value is -1.88. The van der Waals surface area contributed by atoms with E-state index in [0.717, 1.165) is 16.5 Å². The third kappa shape index (κ3) is 1.15. The van der Waals surface area contributed by atoms with Gasteiger partial charge in [-0.25, -0.2) is 0 Å². The number of benzene rings is 1. The predicted molar refractivity (Wildman–Crippen MR) is 51.2 cm³/mol. The van der Waals surface area contributed by atoms with Gasteiger partial charge in [-0.3, -0.25) is 4.98 Å². The normalized spacial score (nSPS) is 9.85. The zero-order valence-electron chi connectivity index (χ0n) is 7.28. The van der Waals surface area contributed by atoms with Crippen LogP contribution >= 0.6 is 0 Å². The Morgan fingerprint density at radius 1 is 1.31 bits per heavy atom. The minimum absolute atomic E-state index is 0.652. The van der Waals surface area contributed by atoms with Crippen LogP contribution < -0.4 is 0 Å². The Kier molecular flexibility index (Phi) is 1.71. The minimum Gasteiger partial charge on any atom is -0.255 e.